The van der Waals surface area contributed by atoms with E-state index in [9.17, 15) is 14.4 Å². The van der Waals surface area contributed by atoms with Crippen molar-refractivity contribution in [3.63, 3.8) is 0 Å². The molecule has 25 heavy (non-hydrogen) atoms. The molecule has 6 nitrogen and oxygen atoms in total. The van der Waals surface area contributed by atoms with E-state index in [0.717, 1.165) is 9.13 Å². The zero-order valence-electron chi connectivity index (χ0n) is 13.6. The number of primary amides is 1. The molecule has 0 unspecified atom stereocenters. The number of para-hydroxylation sites is 1. The highest BCUT2D eigenvalue weighted by molar-refractivity contribution is 14.1. The predicted molar refractivity (Wildman–Crippen MR) is 104 cm³/mol. The minimum atomic E-state index is -0.849. The lowest BCUT2D eigenvalue weighted by atomic mass is 10.0. The Morgan fingerprint density at radius 1 is 1.08 bits per heavy atom. The third-order valence-electron chi connectivity index (χ3n) is 3.48. The van der Waals surface area contributed by atoms with Crippen LogP contribution in [0.3, 0.4) is 0 Å². The first-order valence-electron chi connectivity index (χ1n) is 7.58. The molecule has 0 aliphatic carbocycles. The Hall–Kier alpha value is -2.42. The largest absolute Gasteiger partial charge is 0.368 e. The summed E-state index contributed by atoms with van der Waals surface area (Å²) in [6.07, 6.45) is 0.292. The Morgan fingerprint density at radius 2 is 1.72 bits per heavy atom. The average Bonchev–Trinajstić information content (AvgIpc) is 2.56. The number of rotatable bonds is 6. The quantitative estimate of drug-likeness (QED) is 0.587. The van der Waals surface area contributed by atoms with Crippen LogP contribution in [0.4, 0.5) is 5.69 Å². The lowest BCUT2D eigenvalue weighted by Crippen LogP contribution is -2.46. The second-order valence-corrected chi connectivity index (χ2v) is 6.73. The fourth-order valence-corrected chi connectivity index (χ4v) is 2.65. The van der Waals surface area contributed by atoms with Crippen LogP contribution in [0.1, 0.15) is 22.8 Å². The molecule has 0 fully saturated rings. The number of halogens is 1. The third kappa shape index (κ3) is 5.56. The second kappa shape index (κ2) is 8.61. The summed E-state index contributed by atoms with van der Waals surface area (Å²) >= 11 is 2.19. The first-order valence-corrected chi connectivity index (χ1v) is 8.66. The molecule has 2 aromatic carbocycles. The molecule has 0 aliphatic rings. The van der Waals surface area contributed by atoms with Crippen molar-refractivity contribution >= 4 is 46.0 Å². The molecule has 130 valence electrons. The maximum absolute atomic E-state index is 12.5. The minimum absolute atomic E-state index is 0.270. The van der Waals surface area contributed by atoms with Crippen molar-refractivity contribution in [1.82, 2.24) is 5.32 Å². The van der Waals surface area contributed by atoms with Crippen molar-refractivity contribution in [2.24, 2.45) is 5.73 Å². The molecule has 7 heteroatoms. The second-order valence-electron chi connectivity index (χ2n) is 5.49. The summed E-state index contributed by atoms with van der Waals surface area (Å²) in [6, 6.07) is 13.3. The van der Waals surface area contributed by atoms with Gasteiger partial charge < -0.3 is 16.4 Å². The lowest BCUT2D eigenvalue weighted by Gasteiger charge is -2.17. The molecule has 4 N–H and O–H groups in total. The number of amides is 3. The van der Waals surface area contributed by atoms with Gasteiger partial charge in [-0.3, -0.25) is 14.4 Å². The van der Waals surface area contributed by atoms with E-state index in [-0.39, 0.29) is 11.5 Å². The first kappa shape index (κ1) is 18.9. The lowest BCUT2D eigenvalue weighted by molar-refractivity contribution is -0.119. The van der Waals surface area contributed by atoms with Crippen LogP contribution in [0.25, 0.3) is 0 Å². The van der Waals surface area contributed by atoms with E-state index in [0.29, 0.717) is 12.1 Å². The molecular formula is C18H18IN3O3. The number of hydrogen-bond acceptors (Lipinski definition) is 3. The molecule has 0 heterocycles. The standard InChI is InChI=1S/C18H18IN3O3/c1-11(23)21-15-5-3-2-4-14(15)18(25)22-16(17(20)24)10-12-6-8-13(19)9-7-12/h2-9,16H,10H2,1H3,(H2,20,24)(H,21,23)(H,22,25)/t16-/m1/s1. The third-order valence-corrected chi connectivity index (χ3v) is 4.20. The van der Waals surface area contributed by atoms with E-state index in [1.807, 2.05) is 24.3 Å². The van der Waals surface area contributed by atoms with Crippen molar-refractivity contribution < 1.29 is 14.4 Å². The van der Waals surface area contributed by atoms with Gasteiger partial charge in [0.2, 0.25) is 11.8 Å². The molecule has 0 saturated carbocycles. The van der Waals surface area contributed by atoms with Crippen LogP contribution >= 0.6 is 22.6 Å². The molecule has 1 atom stereocenters. The molecule has 0 aromatic heterocycles. The van der Waals surface area contributed by atoms with Crippen LogP contribution in [0.2, 0.25) is 0 Å². The van der Waals surface area contributed by atoms with Crippen molar-refractivity contribution in [3.8, 4) is 0 Å². The van der Waals surface area contributed by atoms with Gasteiger partial charge in [-0.1, -0.05) is 24.3 Å². The highest BCUT2D eigenvalue weighted by Crippen LogP contribution is 2.16. The smallest absolute Gasteiger partial charge is 0.254 e. The normalized spacial score (nSPS) is 11.4. The van der Waals surface area contributed by atoms with Crippen molar-refractivity contribution in [2.75, 3.05) is 5.32 Å². The Bertz CT molecular complexity index is 790. The van der Waals surface area contributed by atoms with Gasteiger partial charge in [-0.25, -0.2) is 0 Å². The number of hydrogen-bond donors (Lipinski definition) is 3. The SMILES string of the molecule is CC(=O)Nc1ccccc1C(=O)N[C@H](Cc1ccc(I)cc1)C(N)=O. The highest BCUT2D eigenvalue weighted by atomic mass is 127. The highest BCUT2D eigenvalue weighted by Gasteiger charge is 2.21. The summed E-state index contributed by atoms with van der Waals surface area (Å²) in [7, 11) is 0. The van der Waals surface area contributed by atoms with Crippen molar-refractivity contribution in [3.05, 3.63) is 63.2 Å². The van der Waals surface area contributed by atoms with Crippen LogP contribution < -0.4 is 16.4 Å². The topological polar surface area (TPSA) is 101 Å². The van der Waals surface area contributed by atoms with E-state index in [4.69, 9.17) is 5.73 Å². The summed E-state index contributed by atoms with van der Waals surface area (Å²) in [5.74, 6) is -1.38. The maximum atomic E-state index is 12.5. The van der Waals surface area contributed by atoms with Gasteiger partial charge in [-0.2, -0.15) is 0 Å². The zero-order valence-corrected chi connectivity index (χ0v) is 15.7. The summed E-state index contributed by atoms with van der Waals surface area (Å²) < 4.78 is 1.07. The molecule has 0 bridgehead atoms. The van der Waals surface area contributed by atoms with Gasteiger partial charge in [0.1, 0.15) is 6.04 Å². The maximum Gasteiger partial charge on any atom is 0.254 e. The Morgan fingerprint density at radius 3 is 2.32 bits per heavy atom. The molecule has 3 amide bonds. The van der Waals surface area contributed by atoms with E-state index in [2.05, 4.69) is 33.2 Å². The van der Waals surface area contributed by atoms with Gasteiger partial charge in [0.05, 0.1) is 11.3 Å². The van der Waals surface area contributed by atoms with E-state index < -0.39 is 17.9 Å². The fourth-order valence-electron chi connectivity index (χ4n) is 2.29. The Balaban J connectivity index is 2.17. The first-order chi connectivity index (χ1) is 11.9. The van der Waals surface area contributed by atoms with Gasteiger partial charge in [-0.15, -0.1) is 0 Å². The summed E-state index contributed by atoms with van der Waals surface area (Å²) in [5.41, 5.74) is 6.97. The molecule has 2 aromatic rings. The molecular weight excluding hydrogens is 433 g/mol. The van der Waals surface area contributed by atoms with Crippen LogP contribution in [-0.2, 0) is 16.0 Å². The Kier molecular flexibility index (Phi) is 6.51. The molecule has 0 saturated heterocycles. The van der Waals surface area contributed by atoms with Crippen LogP contribution in [-0.4, -0.2) is 23.8 Å². The summed E-state index contributed by atoms with van der Waals surface area (Å²) in [6.45, 7) is 1.36. The fraction of sp³-hybridized carbons (Fsp3) is 0.167. The van der Waals surface area contributed by atoms with Gasteiger partial charge in [0.25, 0.3) is 5.91 Å². The predicted octanol–water partition coefficient (Wildman–Crippen LogP) is 2.08. The number of nitrogens with one attached hydrogen (secondary N) is 2. The Labute approximate surface area is 159 Å². The van der Waals surface area contributed by atoms with E-state index in [1.54, 1.807) is 24.3 Å². The average molecular weight is 451 g/mol. The zero-order chi connectivity index (χ0) is 18.4. The number of anilines is 1. The number of benzene rings is 2. The number of carbonyl (C=O) groups excluding carboxylic acids is 3. The van der Waals surface area contributed by atoms with Gasteiger partial charge in [-0.05, 0) is 52.4 Å². The van der Waals surface area contributed by atoms with Crippen molar-refractivity contribution in [1.29, 1.82) is 0 Å². The van der Waals surface area contributed by atoms with Gasteiger partial charge in [0.15, 0.2) is 0 Å². The summed E-state index contributed by atoms with van der Waals surface area (Å²) in [5, 5.41) is 5.24. The van der Waals surface area contributed by atoms with Crippen LogP contribution in [0.15, 0.2) is 48.5 Å². The molecule has 0 aliphatic heterocycles. The molecule has 2 rings (SSSR count). The number of carbonyl (C=O) groups is 3. The van der Waals surface area contributed by atoms with E-state index in [1.165, 1.54) is 6.92 Å². The van der Waals surface area contributed by atoms with Crippen LogP contribution in [0.5, 0.6) is 0 Å². The van der Waals surface area contributed by atoms with Gasteiger partial charge >= 0.3 is 0 Å². The number of nitrogens with two attached hydrogens (primary N) is 1. The van der Waals surface area contributed by atoms with E-state index >= 15 is 0 Å². The monoisotopic (exact) mass is 451 g/mol. The molecule has 0 radical (unpaired) electrons. The summed E-state index contributed by atoms with van der Waals surface area (Å²) in [4.78, 5) is 35.5. The minimum Gasteiger partial charge on any atom is -0.368 e. The van der Waals surface area contributed by atoms with Crippen LogP contribution in [0, 0.1) is 3.57 Å². The molecule has 0 spiro atoms. The van der Waals surface area contributed by atoms with Gasteiger partial charge in [0, 0.05) is 16.9 Å². The van der Waals surface area contributed by atoms with Crippen molar-refractivity contribution in [2.45, 2.75) is 19.4 Å².